The van der Waals surface area contributed by atoms with Crippen LogP contribution in [-0.2, 0) is 0 Å². The van der Waals surface area contributed by atoms with E-state index in [9.17, 15) is 0 Å². The Morgan fingerprint density at radius 3 is 2.04 bits per heavy atom. The van der Waals surface area contributed by atoms with E-state index in [1.807, 2.05) is 24.4 Å². The summed E-state index contributed by atoms with van der Waals surface area (Å²) < 4.78 is 1.79. The SMILES string of the molecule is Clc1cncc(-c2cnn3ccccc23)n1.Clc1cncc(Cl)n1. The number of halogens is 3. The van der Waals surface area contributed by atoms with Crippen LogP contribution < -0.4 is 0 Å². The highest BCUT2D eigenvalue weighted by Gasteiger charge is 2.07. The molecule has 24 heavy (non-hydrogen) atoms. The topological polar surface area (TPSA) is 68.9 Å². The van der Waals surface area contributed by atoms with Gasteiger partial charge in [-0.2, -0.15) is 5.10 Å². The van der Waals surface area contributed by atoms with Crippen molar-refractivity contribution in [3.63, 3.8) is 0 Å². The van der Waals surface area contributed by atoms with Gasteiger partial charge in [-0.15, -0.1) is 0 Å². The molecule has 4 aromatic rings. The summed E-state index contributed by atoms with van der Waals surface area (Å²) in [7, 11) is 0. The monoisotopic (exact) mass is 378 g/mol. The first-order valence-electron chi connectivity index (χ1n) is 6.67. The minimum absolute atomic E-state index is 0.317. The summed E-state index contributed by atoms with van der Waals surface area (Å²) >= 11 is 16.6. The maximum absolute atomic E-state index is 5.81. The summed E-state index contributed by atoms with van der Waals surface area (Å²) in [5.74, 6) is 0. The standard InChI is InChI=1S/C11H7ClN4.C4H2Cl2N2/c12-11-7-13-6-9(15-11)8-5-14-16-4-2-1-3-10(8)16;5-3-1-7-2-4(6)8-3/h1-7H;1-2H. The van der Waals surface area contributed by atoms with E-state index in [1.165, 1.54) is 18.6 Å². The second-order valence-corrected chi connectivity index (χ2v) is 5.64. The van der Waals surface area contributed by atoms with Crippen LogP contribution in [0.1, 0.15) is 0 Å². The lowest BCUT2D eigenvalue weighted by molar-refractivity contribution is 0.961. The molecule has 0 N–H and O–H groups in total. The fourth-order valence-electron chi connectivity index (χ4n) is 1.92. The zero-order valence-electron chi connectivity index (χ0n) is 12.0. The zero-order chi connectivity index (χ0) is 16.9. The highest BCUT2D eigenvalue weighted by atomic mass is 35.5. The van der Waals surface area contributed by atoms with Crippen molar-refractivity contribution in [1.29, 1.82) is 0 Å². The average Bonchev–Trinajstić information content (AvgIpc) is 2.99. The molecule has 4 aromatic heterocycles. The van der Waals surface area contributed by atoms with Gasteiger partial charge in [-0.05, 0) is 12.1 Å². The molecule has 0 aliphatic heterocycles. The summed E-state index contributed by atoms with van der Waals surface area (Å²) in [6.07, 6.45) is 9.68. The van der Waals surface area contributed by atoms with E-state index in [2.05, 4.69) is 25.0 Å². The number of rotatable bonds is 1. The summed E-state index contributed by atoms with van der Waals surface area (Å²) in [4.78, 5) is 15.5. The highest BCUT2D eigenvalue weighted by Crippen LogP contribution is 2.22. The lowest BCUT2D eigenvalue weighted by Crippen LogP contribution is -1.86. The van der Waals surface area contributed by atoms with Crippen molar-refractivity contribution >= 4 is 40.3 Å². The van der Waals surface area contributed by atoms with Gasteiger partial charge in [0.1, 0.15) is 15.5 Å². The van der Waals surface area contributed by atoms with Crippen LogP contribution in [0.4, 0.5) is 0 Å². The van der Waals surface area contributed by atoms with Crippen LogP contribution in [0, 0.1) is 0 Å². The molecule has 0 fully saturated rings. The third-order valence-corrected chi connectivity index (χ3v) is 3.43. The second-order valence-electron chi connectivity index (χ2n) is 4.48. The van der Waals surface area contributed by atoms with Gasteiger partial charge in [0, 0.05) is 11.8 Å². The maximum atomic E-state index is 5.81. The molecule has 4 rings (SSSR count). The van der Waals surface area contributed by atoms with Gasteiger partial charge in [-0.1, -0.05) is 40.9 Å². The van der Waals surface area contributed by atoms with Crippen LogP contribution in [0.3, 0.4) is 0 Å². The molecule has 0 spiro atoms. The van der Waals surface area contributed by atoms with Crippen molar-refractivity contribution in [3.05, 3.63) is 70.8 Å². The zero-order valence-corrected chi connectivity index (χ0v) is 14.3. The van der Waals surface area contributed by atoms with Crippen molar-refractivity contribution in [2.45, 2.75) is 0 Å². The predicted molar refractivity (Wildman–Crippen MR) is 93.3 cm³/mol. The van der Waals surface area contributed by atoms with E-state index in [0.717, 1.165) is 16.8 Å². The number of fused-ring (bicyclic) bond motifs is 1. The van der Waals surface area contributed by atoms with E-state index in [-0.39, 0.29) is 0 Å². The van der Waals surface area contributed by atoms with Crippen molar-refractivity contribution in [3.8, 4) is 11.3 Å². The van der Waals surface area contributed by atoms with Crippen LogP contribution in [0.15, 0.2) is 55.4 Å². The molecule has 0 bridgehead atoms. The van der Waals surface area contributed by atoms with Gasteiger partial charge in [-0.3, -0.25) is 9.97 Å². The Morgan fingerprint density at radius 1 is 0.750 bits per heavy atom. The molecule has 0 amide bonds. The van der Waals surface area contributed by atoms with E-state index in [1.54, 1.807) is 16.9 Å². The second kappa shape index (κ2) is 7.53. The van der Waals surface area contributed by atoms with Crippen molar-refractivity contribution in [2.24, 2.45) is 0 Å². The van der Waals surface area contributed by atoms with Gasteiger partial charge < -0.3 is 0 Å². The predicted octanol–water partition coefficient (Wildman–Crippen LogP) is 4.23. The molecule has 0 saturated heterocycles. The molecule has 0 radical (unpaired) electrons. The lowest BCUT2D eigenvalue weighted by atomic mass is 10.2. The normalized spacial score (nSPS) is 10.3. The number of hydrogen-bond donors (Lipinski definition) is 0. The Hall–Kier alpha value is -2.28. The third-order valence-electron chi connectivity index (χ3n) is 2.88. The molecular weight excluding hydrogens is 371 g/mol. The Kier molecular flexibility index (Phi) is 5.20. The molecule has 9 heteroatoms. The van der Waals surface area contributed by atoms with Gasteiger partial charge in [0.25, 0.3) is 0 Å². The number of pyridine rings is 1. The van der Waals surface area contributed by atoms with E-state index >= 15 is 0 Å². The van der Waals surface area contributed by atoms with Crippen LogP contribution >= 0.6 is 34.8 Å². The average molecular weight is 380 g/mol. The van der Waals surface area contributed by atoms with Crippen molar-refractivity contribution in [2.75, 3.05) is 0 Å². The molecular formula is C15H9Cl3N6. The van der Waals surface area contributed by atoms with Crippen LogP contribution in [0.2, 0.25) is 15.5 Å². The first-order valence-corrected chi connectivity index (χ1v) is 7.80. The minimum Gasteiger partial charge on any atom is -0.259 e. The fourth-order valence-corrected chi connectivity index (χ4v) is 2.41. The summed E-state index contributed by atoms with van der Waals surface area (Å²) in [6.45, 7) is 0. The summed E-state index contributed by atoms with van der Waals surface area (Å²) in [5, 5.41) is 5.25. The number of hydrogen-bond acceptors (Lipinski definition) is 5. The molecule has 0 aromatic carbocycles. The van der Waals surface area contributed by atoms with Crippen molar-refractivity contribution < 1.29 is 0 Å². The molecule has 0 saturated carbocycles. The Balaban J connectivity index is 0.000000179. The highest BCUT2D eigenvalue weighted by molar-refractivity contribution is 6.32. The molecule has 0 atom stereocenters. The Labute approximate surface area is 152 Å². The van der Waals surface area contributed by atoms with Gasteiger partial charge >= 0.3 is 0 Å². The summed E-state index contributed by atoms with van der Waals surface area (Å²) in [6, 6.07) is 5.86. The van der Waals surface area contributed by atoms with E-state index in [0.29, 0.717) is 15.5 Å². The third kappa shape index (κ3) is 3.97. The summed E-state index contributed by atoms with van der Waals surface area (Å²) in [5.41, 5.74) is 2.64. The first-order chi connectivity index (χ1) is 11.6. The smallest absolute Gasteiger partial charge is 0.149 e. The first kappa shape index (κ1) is 16.6. The van der Waals surface area contributed by atoms with Crippen LogP contribution in [0.25, 0.3) is 16.8 Å². The van der Waals surface area contributed by atoms with Gasteiger partial charge in [0.15, 0.2) is 0 Å². The van der Waals surface area contributed by atoms with Crippen LogP contribution in [0.5, 0.6) is 0 Å². The maximum Gasteiger partial charge on any atom is 0.149 e. The minimum atomic E-state index is 0.317. The molecule has 120 valence electrons. The quantitative estimate of drug-likeness (QED) is 0.495. The van der Waals surface area contributed by atoms with E-state index < -0.39 is 0 Å². The van der Waals surface area contributed by atoms with Crippen molar-refractivity contribution in [1.82, 2.24) is 29.5 Å². The number of aromatic nitrogens is 6. The van der Waals surface area contributed by atoms with Crippen LogP contribution in [-0.4, -0.2) is 29.5 Å². The Morgan fingerprint density at radius 2 is 1.42 bits per heavy atom. The van der Waals surface area contributed by atoms with Gasteiger partial charge in [0.2, 0.25) is 0 Å². The Bertz CT molecular complexity index is 955. The largest absolute Gasteiger partial charge is 0.259 e. The molecule has 0 aliphatic carbocycles. The molecule has 6 nitrogen and oxygen atoms in total. The van der Waals surface area contributed by atoms with E-state index in [4.69, 9.17) is 34.8 Å². The molecule has 4 heterocycles. The van der Waals surface area contributed by atoms with Gasteiger partial charge in [0.05, 0.1) is 42.2 Å². The lowest BCUT2D eigenvalue weighted by Gasteiger charge is -1.98. The fraction of sp³-hybridized carbons (Fsp3) is 0. The molecule has 0 aliphatic rings. The molecule has 0 unspecified atom stereocenters. The number of nitrogens with zero attached hydrogens (tertiary/aromatic N) is 6. The van der Waals surface area contributed by atoms with Gasteiger partial charge in [-0.25, -0.2) is 14.5 Å².